The van der Waals surface area contributed by atoms with E-state index in [0.717, 1.165) is 38.7 Å². The number of aromatic nitrogens is 4. The minimum absolute atomic E-state index is 0.0906. The summed E-state index contributed by atoms with van der Waals surface area (Å²) >= 11 is 0. The molecule has 0 aliphatic heterocycles. The Balaban J connectivity index is 2.19. The molecule has 0 spiro atoms. The molecule has 0 saturated heterocycles. The Morgan fingerprint density at radius 2 is 2.03 bits per heavy atom. The van der Waals surface area contributed by atoms with Crippen molar-refractivity contribution in [3.05, 3.63) is 59.3 Å². The van der Waals surface area contributed by atoms with Crippen LogP contribution in [0.5, 0.6) is 0 Å². The number of likely N-dealkylation sites (N-methyl/N-ethyl adjacent to an activating group) is 1. The SMILES string of the molecule is C=Cc1[nH]nc(C(=O)NCCNCCN(C)CC)c1/C=C/N=C(/C=C/CCCC)c1cn[nH]c1C(F)(F)F. The molecule has 0 radical (unpaired) electrons. The van der Waals surface area contributed by atoms with Crippen LogP contribution in [0, 0.1) is 0 Å². The third-order valence-electron chi connectivity index (χ3n) is 5.70. The zero-order valence-electron chi connectivity index (χ0n) is 22.2. The smallest absolute Gasteiger partial charge is 0.349 e. The van der Waals surface area contributed by atoms with Crippen LogP contribution in [0.4, 0.5) is 13.2 Å². The van der Waals surface area contributed by atoms with Crippen molar-refractivity contribution in [2.75, 3.05) is 39.8 Å². The number of allylic oxidation sites excluding steroid dienone is 2. The Morgan fingerprint density at radius 3 is 2.71 bits per heavy atom. The first kappa shape index (κ1) is 30.7. The number of nitrogens with one attached hydrogen (secondary N) is 4. The number of hydrogen-bond acceptors (Lipinski definition) is 6. The molecule has 2 rings (SSSR count). The third-order valence-corrected chi connectivity index (χ3v) is 5.70. The van der Waals surface area contributed by atoms with E-state index in [1.165, 1.54) is 18.4 Å². The Labute approximate surface area is 221 Å². The summed E-state index contributed by atoms with van der Waals surface area (Å²) in [6.45, 7) is 11.5. The molecule has 0 unspecified atom stereocenters. The van der Waals surface area contributed by atoms with E-state index in [9.17, 15) is 18.0 Å². The number of aromatic amines is 2. The van der Waals surface area contributed by atoms with Crippen molar-refractivity contribution >= 4 is 23.8 Å². The quantitative estimate of drug-likeness (QED) is 0.190. The standard InChI is InChI=1S/C26H37F3N8O/c1-5-8-9-10-11-22(20-18-33-36-24(20)26(27,28)29)31-13-12-19-21(6-2)34-35-23(19)25(38)32-15-14-30-16-17-37(4)7-3/h6,10-13,18,30H,2,5,7-9,14-17H2,1,3-4H3,(H,32,38)(H,33,36)(H,34,35)/b11-10+,13-12+,31-22-. The minimum Gasteiger partial charge on any atom is -0.349 e. The van der Waals surface area contributed by atoms with Gasteiger partial charge in [-0.05, 0) is 38.2 Å². The molecule has 0 aliphatic carbocycles. The molecule has 2 aromatic rings. The lowest BCUT2D eigenvalue weighted by molar-refractivity contribution is -0.141. The van der Waals surface area contributed by atoms with E-state index in [1.54, 1.807) is 12.2 Å². The van der Waals surface area contributed by atoms with Gasteiger partial charge in [0.2, 0.25) is 0 Å². The number of H-pyrrole nitrogens is 2. The fraction of sp³-hybridized carbons (Fsp3) is 0.462. The molecule has 0 bridgehead atoms. The van der Waals surface area contributed by atoms with Crippen LogP contribution in [0.25, 0.3) is 12.2 Å². The number of carbonyl (C=O) groups is 1. The maximum Gasteiger partial charge on any atom is 0.433 e. The van der Waals surface area contributed by atoms with Crippen LogP contribution < -0.4 is 10.6 Å². The molecule has 38 heavy (non-hydrogen) atoms. The van der Waals surface area contributed by atoms with E-state index in [2.05, 4.69) is 49.3 Å². The van der Waals surface area contributed by atoms with Gasteiger partial charge in [0.1, 0.15) is 5.69 Å². The van der Waals surface area contributed by atoms with E-state index in [0.29, 0.717) is 30.8 Å². The lowest BCUT2D eigenvalue weighted by Crippen LogP contribution is -2.35. The van der Waals surface area contributed by atoms with Gasteiger partial charge in [0.25, 0.3) is 5.91 Å². The number of carbonyl (C=O) groups excluding carboxylic acids is 1. The molecule has 4 N–H and O–H groups in total. The van der Waals surface area contributed by atoms with Gasteiger partial charge < -0.3 is 15.5 Å². The van der Waals surface area contributed by atoms with Crippen LogP contribution in [0.2, 0.25) is 0 Å². The third kappa shape index (κ3) is 9.42. The first-order valence-corrected chi connectivity index (χ1v) is 12.6. The summed E-state index contributed by atoms with van der Waals surface area (Å²) in [5.74, 6) is -0.390. The number of hydrogen-bond donors (Lipinski definition) is 4. The first-order valence-electron chi connectivity index (χ1n) is 12.6. The Kier molecular flexibility index (Phi) is 12.7. The van der Waals surface area contributed by atoms with Gasteiger partial charge in [-0.15, -0.1) is 0 Å². The largest absolute Gasteiger partial charge is 0.433 e. The van der Waals surface area contributed by atoms with Gasteiger partial charge in [0, 0.05) is 37.9 Å². The highest BCUT2D eigenvalue weighted by atomic mass is 19.4. The molecule has 0 saturated carbocycles. The molecule has 1 amide bonds. The molecule has 0 fully saturated rings. The minimum atomic E-state index is -4.61. The summed E-state index contributed by atoms with van der Waals surface area (Å²) in [5.41, 5.74) is -0.00112. The normalized spacial score (nSPS) is 12.8. The maximum absolute atomic E-state index is 13.5. The van der Waals surface area contributed by atoms with Crippen LogP contribution in [-0.2, 0) is 6.18 Å². The van der Waals surface area contributed by atoms with Crippen molar-refractivity contribution in [1.29, 1.82) is 0 Å². The molecule has 0 atom stereocenters. The molecular weight excluding hydrogens is 497 g/mol. The second-order valence-electron chi connectivity index (χ2n) is 8.54. The van der Waals surface area contributed by atoms with Gasteiger partial charge in [0.05, 0.1) is 23.2 Å². The Morgan fingerprint density at radius 1 is 1.24 bits per heavy atom. The summed E-state index contributed by atoms with van der Waals surface area (Å²) in [4.78, 5) is 19.2. The molecule has 9 nitrogen and oxygen atoms in total. The average molecular weight is 535 g/mol. The van der Waals surface area contributed by atoms with Crippen LogP contribution >= 0.6 is 0 Å². The molecular formula is C26H37F3N8O. The van der Waals surface area contributed by atoms with E-state index < -0.39 is 11.9 Å². The van der Waals surface area contributed by atoms with Crippen molar-refractivity contribution in [2.24, 2.45) is 4.99 Å². The van der Waals surface area contributed by atoms with Gasteiger partial charge in [-0.1, -0.05) is 39.3 Å². The second-order valence-corrected chi connectivity index (χ2v) is 8.54. The highest BCUT2D eigenvalue weighted by molar-refractivity contribution is 6.10. The predicted octanol–water partition coefficient (Wildman–Crippen LogP) is 4.27. The molecule has 208 valence electrons. The molecule has 2 heterocycles. The number of unbranched alkanes of at least 4 members (excludes halogenated alkanes) is 2. The lowest BCUT2D eigenvalue weighted by Gasteiger charge is -2.14. The van der Waals surface area contributed by atoms with Crippen molar-refractivity contribution in [2.45, 2.75) is 39.3 Å². The average Bonchev–Trinajstić information content (AvgIpc) is 3.54. The van der Waals surface area contributed by atoms with Gasteiger partial charge in [-0.3, -0.25) is 20.0 Å². The van der Waals surface area contributed by atoms with Gasteiger partial charge in [0.15, 0.2) is 5.69 Å². The van der Waals surface area contributed by atoms with Crippen LogP contribution in [-0.4, -0.2) is 76.7 Å². The first-order chi connectivity index (χ1) is 18.2. The van der Waals surface area contributed by atoms with E-state index in [-0.39, 0.29) is 22.9 Å². The fourth-order valence-corrected chi connectivity index (χ4v) is 3.37. The number of halogens is 3. The Hall–Kier alpha value is -3.51. The zero-order valence-corrected chi connectivity index (χ0v) is 22.2. The monoisotopic (exact) mass is 534 g/mol. The summed E-state index contributed by atoms with van der Waals surface area (Å²) in [7, 11) is 2.04. The lowest BCUT2D eigenvalue weighted by atomic mass is 10.1. The molecule has 0 aliphatic rings. The van der Waals surface area contributed by atoms with Crippen LogP contribution in [0.3, 0.4) is 0 Å². The highest BCUT2D eigenvalue weighted by Gasteiger charge is 2.36. The number of alkyl halides is 3. The summed E-state index contributed by atoms with van der Waals surface area (Å²) in [5, 5.41) is 18.5. The van der Waals surface area contributed by atoms with Crippen LogP contribution in [0.15, 0.2) is 36.1 Å². The number of nitrogens with zero attached hydrogens (tertiary/aromatic N) is 4. The highest BCUT2D eigenvalue weighted by Crippen LogP contribution is 2.30. The second kappa shape index (κ2) is 15.7. The van der Waals surface area contributed by atoms with Gasteiger partial charge in [-0.2, -0.15) is 23.4 Å². The molecule has 2 aromatic heterocycles. The number of amides is 1. The molecule has 12 heteroatoms. The predicted molar refractivity (Wildman–Crippen MR) is 145 cm³/mol. The Bertz CT molecular complexity index is 1110. The van der Waals surface area contributed by atoms with Crippen molar-refractivity contribution < 1.29 is 18.0 Å². The van der Waals surface area contributed by atoms with Crippen molar-refractivity contribution in [3.63, 3.8) is 0 Å². The topological polar surface area (TPSA) is 114 Å². The van der Waals surface area contributed by atoms with Crippen molar-refractivity contribution in [3.8, 4) is 0 Å². The summed E-state index contributed by atoms with van der Waals surface area (Å²) < 4.78 is 40.4. The molecule has 0 aromatic carbocycles. The fourth-order valence-electron chi connectivity index (χ4n) is 3.37. The van der Waals surface area contributed by atoms with E-state index in [4.69, 9.17) is 0 Å². The van der Waals surface area contributed by atoms with Gasteiger partial charge >= 0.3 is 6.18 Å². The number of rotatable bonds is 16. The van der Waals surface area contributed by atoms with Crippen LogP contribution in [0.1, 0.15) is 66.1 Å². The van der Waals surface area contributed by atoms with Crippen molar-refractivity contribution in [1.82, 2.24) is 35.9 Å². The summed E-state index contributed by atoms with van der Waals surface area (Å²) in [6, 6.07) is 0. The van der Waals surface area contributed by atoms with E-state index in [1.807, 2.05) is 19.1 Å². The van der Waals surface area contributed by atoms with Gasteiger partial charge in [-0.25, -0.2) is 0 Å². The number of aliphatic imine (C=N–C) groups is 1. The summed E-state index contributed by atoms with van der Waals surface area (Å²) in [6.07, 6.45) is 6.73. The zero-order chi connectivity index (χ0) is 28.0. The van der Waals surface area contributed by atoms with E-state index >= 15 is 0 Å². The maximum atomic E-state index is 13.5.